The van der Waals surface area contributed by atoms with Crippen molar-refractivity contribution in [1.82, 2.24) is 4.57 Å². The van der Waals surface area contributed by atoms with Crippen LogP contribution in [0.15, 0.2) is 100 Å². The lowest BCUT2D eigenvalue weighted by molar-refractivity contribution is 0.656. The zero-order valence-electron chi connectivity index (χ0n) is 25.6. The first-order chi connectivity index (χ1) is 20.7. The molecule has 2 heterocycles. The maximum absolute atomic E-state index is 14.0. The molecule has 5 aromatic carbocycles. The number of nitrogens with zero attached hydrogens (tertiary/aromatic N) is 1. The monoisotopic (exact) mass is 561 g/mol. The normalized spacial score (nSPS) is 14.0. The number of para-hydroxylation sites is 1. The van der Waals surface area contributed by atoms with Crippen LogP contribution in [-0.4, -0.2) is 4.57 Å². The lowest BCUT2D eigenvalue weighted by Crippen LogP contribution is -2.15. The van der Waals surface area contributed by atoms with Crippen molar-refractivity contribution in [1.29, 1.82) is 0 Å². The summed E-state index contributed by atoms with van der Waals surface area (Å²) in [6, 6.07) is 32.3. The van der Waals surface area contributed by atoms with Crippen molar-refractivity contribution < 1.29 is 4.42 Å². The molecular weight excluding hydrogens is 526 g/mol. The molecule has 3 heteroatoms. The van der Waals surface area contributed by atoms with Gasteiger partial charge in [-0.3, -0.25) is 4.79 Å². The van der Waals surface area contributed by atoms with Crippen molar-refractivity contribution in [2.45, 2.75) is 58.8 Å². The number of hydrogen-bond acceptors (Lipinski definition) is 2. The van der Waals surface area contributed by atoms with E-state index in [2.05, 4.69) is 125 Å². The molecule has 3 nitrogen and oxygen atoms in total. The first kappa shape index (κ1) is 26.0. The second kappa shape index (κ2) is 8.94. The topological polar surface area (TPSA) is 35.1 Å². The predicted octanol–water partition coefficient (Wildman–Crippen LogP) is 10.6. The Labute approximate surface area is 251 Å². The lowest BCUT2D eigenvalue weighted by atomic mass is 9.80. The molecule has 1 aliphatic rings. The summed E-state index contributed by atoms with van der Waals surface area (Å²) >= 11 is 0. The van der Waals surface area contributed by atoms with Crippen LogP contribution in [-0.2, 0) is 5.41 Å². The second-order valence-corrected chi connectivity index (χ2v) is 13.3. The molecule has 0 radical (unpaired) electrons. The molecule has 0 amide bonds. The fourth-order valence-electron chi connectivity index (χ4n) is 7.56. The molecule has 2 aromatic heterocycles. The van der Waals surface area contributed by atoms with Gasteiger partial charge in [0.2, 0.25) is 5.43 Å². The number of rotatable bonds is 3. The van der Waals surface area contributed by atoms with E-state index in [1.807, 2.05) is 12.1 Å². The Morgan fingerprint density at radius 3 is 2.23 bits per heavy atom. The number of fused-ring (bicyclic) bond motifs is 9. The molecule has 0 N–H and O–H groups in total. The minimum Gasteiger partial charge on any atom is -0.456 e. The van der Waals surface area contributed by atoms with Gasteiger partial charge in [0, 0.05) is 27.9 Å². The van der Waals surface area contributed by atoms with Gasteiger partial charge in [-0.2, -0.15) is 0 Å². The highest BCUT2D eigenvalue weighted by molar-refractivity contribution is 6.14. The van der Waals surface area contributed by atoms with Gasteiger partial charge in [-0.25, -0.2) is 0 Å². The summed E-state index contributed by atoms with van der Waals surface area (Å²) < 4.78 is 8.94. The molecule has 43 heavy (non-hydrogen) atoms. The molecule has 0 saturated heterocycles. The smallest absolute Gasteiger partial charge is 0.200 e. The van der Waals surface area contributed by atoms with Crippen molar-refractivity contribution in [3.8, 4) is 16.8 Å². The highest BCUT2D eigenvalue weighted by Crippen LogP contribution is 2.53. The standard InChI is InChI=1S/C40H35NO2/c1-22(2)24-19-30(23(3)4)37-35(20-24)43-34-21-25(15-16-29(34)39(37)42)41-32-14-10-8-12-28(32)36-33(41)18-17-27-26-11-7-9-13-31(26)40(5,6)38(27)36/h7-23H,1-6H3. The van der Waals surface area contributed by atoms with Crippen LogP contribution in [0.2, 0.25) is 0 Å². The number of hydrogen-bond donors (Lipinski definition) is 0. The average Bonchev–Trinajstić information content (AvgIpc) is 3.45. The van der Waals surface area contributed by atoms with Crippen molar-refractivity contribution in [3.63, 3.8) is 0 Å². The van der Waals surface area contributed by atoms with Gasteiger partial charge < -0.3 is 8.98 Å². The number of aromatic nitrogens is 1. The summed E-state index contributed by atoms with van der Waals surface area (Å²) in [6.07, 6.45) is 0. The Morgan fingerprint density at radius 2 is 1.44 bits per heavy atom. The molecule has 0 aliphatic heterocycles. The van der Waals surface area contributed by atoms with Crippen LogP contribution in [0.4, 0.5) is 0 Å². The Morgan fingerprint density at radius 1 is 0.674 bits per heavy atom. The molecule has 0 atom stereocenters. The summed E-state index contributed by atoms with van der Waals surface area (Å²) in [5.41, 5.74) is 12.1. The molecule has 0 spiro atoms. The first-order valence-electron chi connectivity index (χ1n) is 15.4. The van der Waals surface area contributed by atoms with Crippen LogP contribution in [0.25, 0.3) is 60.6 Å². The Balaban J connectivity index is 1.43. The molecule has 0 saturated carbocycles. The van der Waals surface area contributed by atoms with Crippen LogP contribution in [0.3, 0.4) is 0 Å². The molecule has 0 fully saturated rings. The molecule has 0 unspecified atom stereocenters. The zero-order chi connectivity index (χ0) is 29.8. The summed E-state index contributed by atoms with van der Waals surface area (Å²) in [5.74, 6) is 0.555. The molecule has 1 aliphatic carbocycles. The molecular formula is C40H35NO2. The summed E-state index contributed by atoms with van der Waals surface area (Å²) in [5, 5.41) is 3.85. The maximum atomic E-state index is 14.0. The van der Waals surface area contributed by atoms with Crippen LogP contribution >= 0.6 is 0 Å². The van der Waals surface area contributed by atoms with Crippen molar-refractivity contribution in [2.24, 2.45) is 0 Å². The van der Waals surface area contributed by atoms with E-state index in [0.29, 0.717) is 27.9 Å². The summed E-state index contributed by atoms with van der Waals surface area (Å²) in [4.78, 5) is 14.0. The molecule has 0 bridgehead atoms. The fraction of sp³-hybridized carbons (Fsp3) is 0.225. The molecule has 212 valence electrons. The largest absolute Gasteiger partial charge is 0.456 e. The fourth-order valence-corrected chi connectivity index (χ4v) is 7.56. The van der Waals surface area contributed by atoms with Gasteiger partial charge in [-0.1, -0.05) is 96.1 Å². The van der Waals surface area contributed by atoms with Crippen LogP contribution < -0.4 is 5.43 Å². The van der Waals surface area contributed by atoms with Gasteiger partial charge in [-0.15, -0.1) is 0 Å². The van der Waals surface area contributed by atoms with E-state index in [1.165, 1.54) is 38.6 Å². The quantitative estimate of drug-likeness (QED) is 0.201. The molecule has 7 aromatic rings. The first-order valence-corrected chi connectivity index (χ1v) is 15.4. The minimum absolute atomic E-state index is 0.0429. The van der Waals surface area contributed by atoms with E-state index in [0.717, 1.165) is 22.3 Å². The summed E-state index contributed by atoms with van der Waals surface area (Å²) in [7, 11) is 0. The number of benzene rings is 5. The van der Waals surface area contributed by atoms with Gasteiger partial charge in [0.05, 0.1) is 21.8 Å². The third-order valence-electron chi connectivity index (χ3n) is 9.71. The van der Waals surface area contributed by atoms with E-state index < -0.39 is 0 Å². The van der Waals surface area contributed by atoms with Crippen molar-refractivity contribution >= 4 is 43.7 Å². The van der Waals surface area contributed by atoms with Crippen molar-refractivity contribution in [2.75, 3.05) is 0 Å². The third-order valence-corrected chi connectivity index (χ3v) is 9.71. The van der Waals surface area contributed by atoms with E-state index in [9.17, 15) is 4.79 Å². The van der Waals surface area contributed by atoms with Gasteiger partial charge in [0.1, 0.15) is 11.2 Å². The van der Waals surface area contributed by atoms with E-state index in [-0.39, 0.29) is 16.8 Å². The van der Waals surface area contributed by atoms with Crippen LogP contribution in [0, 0.1) is 0 Å². The van der Waals surface area contributed by atoms with E-state index >= 15 is 0 Å². The Kier molecular flexibility index (Phi) is 5.41. The third kappa shape index (κ3) is 3.51. The van der Waals surface area contributed by atoms with Gasteiger partial charge >= 0.3 is 0 Å². The summed E-state index contributed by atoms with van der Waals surface area (Å²) in [6.45, 7) is 13.3. The van der Waals surface area contributed by atoms with Crippen LogP contribution in [0.5, 0.6) is 0 Å². The minimum atomic E-state index is -0.127. The maximum Gasteiger partial charge on any atom is 0.200 e. The Bertz CT molecular complexity index is 2350. The highest BCUT2D eigenvalue weighted by Gasteiger charge is 2.38. The average molecular weight is 562 g/mol. The predicted molar refractivity (Wildman–Crippen MR) is 180 cm³/mol. The van der Waals surface area contributed by atoms with Crippen molar-refractivity contribution in [3.05, 3.63) is 123 Å². The SMILES string of the molecule is CC(C)c1cc(C(C)C)c2c(=O)c3ccc(-n4c5ccccc5c5c6c(ccc54)-c4ccccc4C6(C)C)cc3oc2c1. The second-order valence-electron chi connectivity index (χ2n) is 13.3. The highest BCUT2D eigenvalue weighted by atomic mass is 16.3. The van der Waals surface area contributed by atoms with Gasteiger partial charge in [-0.05, 0) is 75.5 Å². The van der Waals surface area contributed by atoms with Crippen LogP contribution in [0.1, 0.15) is 75.6 Å². The zero-order valence-corrected chi connectivity index (χ0v) is 25.6. The van der Waals surface area contributed by atoms with Gasteiger partial charge in [0.15, 0.2) is 0 Å². The Hall–Kier alpha value is -4.63. The lowest BCUT2D eigenvalue weighted by Gasteiger charge is -2.22. The van der Waals surface area contributed by atoms with E-state index in [4.69, 9.17) is 4.42 Å². The van der Waals surface area contributed by atoms with E-state index in [1.54, 1.807) is 0 Å². The van der Waals surface area contributed by atoms with Gasteiger partial charge in [0.25, 0.3) is 0 Å². The molecule has 8 rings (SSSR count).